The number of rotatable bonds is 4. The van der Waals surface area contributed by atoms with E-state index in [-0.39, 0.29) is 6.04 Å². The van der Waals surface area contributed by atoms with E-state index in [9.17, 15) is 9.90 Å². The highest BCUT2D eigenvalue weighted by Gasteiger charge is 2.36. The maximum absolute atomic E-state index is 12.0. The molecule has 4 rings (SSSR count). The molecule has 3 aromatic rings. The van der Waals surface area contributed by atoms with Crippen molar-refractivity contribution in [1.29, 1.82) is 0 Å². The second kappa shape index (κ2) is 8.08. The Labute approximate surface area is 173 Å². The van der Waals surface area contributed by atoms with Gasteiger partial charge in [-0.2, -0.15) is 0 Å². The van der Waals surface area contributed by atoms with E-state index in [1.807, 2.05) is 53.4 Å². The molecule has 1 fully saturated rings. The highest BCUT2D eigenvalue weighted by Crippen LogP contribution is 2.36. The van der Waals surface area contributed by atoms with Crippen LogP contribution < -0.4 is 0 Å². The Morgan fingerprint density at radius 1 is 1.07 bits per heavy atom. The summed E-state index contributed by atoms with van der Waals surface area (Å²) in [6, 6.07) is 16.5. The van der Waals surface area contributed by atoms with E-state index in [4.69, 9.17) is 28.2 Å². The molecule has 2 aromatic carbocycles. The summed E-state index contributed by atoms with van der Waals surface area (Å²) >= 11 is 12.4. The molecule has 0 saturated carbocycles. The molecule has 1 N–H and O–H groups in total. The Hall–Kier alpha value is -2.14. The molecule has 2 heterocycles. The van der Waals surface area contributed by atoms with E-state index in [0.29, 0.717) is 23.0 Å². The predicted molar refractivity (Wildman–Crippen MR) is 112 cm³/mol. The first kappa shape index (κ1) is 19.2. The Morgan fingerprint density at radius 2 is 1.89 bits per heavy atom. The van der Waals surface area contributed by atoms with Gasteiger partial charge in [-0.1, -0.05) is 60.0 Å². The van der Waals surface area contributed by atoms with Crippen LogP contribution in [0.2, 0.25) is 10.0 Å². The average molecular weight is 415 g/mol. The zero-order chi connectivity index (χ0) is 19.7. The van der Waals surface area contributed by atoms with Crippen LogP contribution in [0.1, 0.15) is 36.6 Å². The smallest absolute Gasteiger partial charge is 0.320 e. The largest absolute Gasteiger partial charge is 0.480 e. The van der Waals surface area contributed by atoms with Crippen molar-refractivity contribution in [2.75, 3.05) is 6.54 Å². The van der Waals surface area contributed by atoms with Crippen molar-refractivity contribution < 1.29 is 9.90 Å². The molecule has 2 atom stereocenters. The first-order valence-electron chi connectivity index (χ1n) is 9.34. The highest BCUT2D eigenvalue weighted by atomic mass is 35.5. The van der Waals surface area contributed by atoms with Gasteiger partial charge in [0.05, 0.1) is 27.3 Å². The SMILES string of the molecule is O=C(O)C1CCCCN1C(c1ccc(Cl)c(Cl)c1)c1ccc2ccccc2n1. The van der Waals surface area contributed by atoms with Crippen molar-refractivity contribution in [3.05, 3.63) is 75.9 Å². The lowest BCUT2D eigenvalue weighted by atomic mass is 9.94. The van der Waals surface area contributed by atoms with Crippen LogP contribution in [-0.2, 0) is 4.79 Å². The van der Waals surface area contributed by atoms with E-state index in [2.05, 4.69) is 0 Å². The second-order valence-corrected chi connectivity index (χ2v) is 7.91. The summed E-state index contributed by atoms with van der Waals surface area (Å²) in [5.74, 6) is -0.800. The molecule has 28 heavy (non-hydrogen) atoms. The number of pyridine rings is 1. The number of hydrogen-bond donors (Lipinski definition) is 1. The van der Waals surface area contributed by atoms with Gasteiger partial charge in [0.1, 0.15) is 6.04 Å². The van der Waals surface area contributed by atoms with Crippen molar-refractivity contribution in [3.8, 4) is 0 Å². The van der Waals surface area contributed by atoms with Crippen molar-refractivity contribution in [3.63, 3.8) is 0 Å². The van der Waals surface area contributed by atoms with Gasteiger partial charge < -0.3 is 5.11 Å². The number of aliphatic carboxylic acids is 1. The average Bonchev–Trinajstić information content (AvgIpc) is 2.71. The van der Waals surface area contributed by atoms with Crippen LogP contribution in [0.25, 0.3) is 10.9 Å². The standard InChI is InChI=1S/C22H20Cl2N2O2/c23-16-10-8-15(13-17(16)24)21(26-12-4-3-7-20(26)22(27)28)19-11-9-14-5-1-2-6-18(14)25-19/h1-2,5-6,8-11,13,20-21H,3-4,7,12H2,(H,27,28). The van der Waals surface area contributed by atoms with Crippen molar-refractivity contribution in [1.82, 2.24) is 9.88 Å². The summed E-state index contributed by atoms with van der Waals surface area (Å²) in [4.78, 5) is 18.8. The molecule has 1 aliphatic rings. The third kappa shape index (κ3) is 3.72. The number of nitrogens with zero attached hydrogens (tertiary/aromatic N) is 2. The fourth-order valence-electron chi connectivity index (χ4n) is 3.98. The number of benzene rings is 2. The van der Waals surface area contributed by atoms with Gasteiger partial charge in [0, 0.05) is 5.39 Å². The van der Waals surface area contributed by atoms with Crippen LogP contribution in [0, 0.1) is 0 Å². The van der Waals surface area contributed by atoms with Gasteiger partial charge in [0.15, 0.2) is 0 Å². The summed E-state index contributed by atoms with van der Waals surface area (Å²) in [6.45, 7) is 0.691. The monoisotopic (exact) mass is 414 g/mol. The number of carbonyl (C=O) groups is 1. The van der Waals surface area contributed by atoms with E-state index >= 15 is 0 Å². The number of fused-ring (bicyclic) bond motifs is 1. The van der Waals surface area contributed by atoms with Crippen LogP contribution in [-0.4, -0.2) is 33.5 Å². The van der Waals surface area contributed by atoms with E-state index in [1.165, 1.54) is 0 Å². The lowest BCUT2D eigenvalue weighted by Gasteiger charge is -2.39. The fourth-order valence-corrected chi connectivity index (χ4v) is 4.28. The molecule has 4 nitrogen and oxygen atoms in total. The minimum Gasteiger partial charge on any atom is -0.480 e. The molecule has 0 spiro atoms. The molecule has 144 valence electrons. The summed E-state index contributed by atoms with van der Waals surface area (Å²) in [5, 5.41) is 11.8. The van der Waals surface area contributed by atoms with E-state index in [0.717, 1.165) is 35.0 Å². The normalized spacial score (nSPS) is 18.9. The second-order valence-electron chi connectivity index (χ2n) is 7.09. The number of aromatic nitrogens is 1. The Bertz CT molecular complexity index is 1020. The number of halogens is 2. The third-order valence-corrected chi connectivity index (χ3v) is 6.06. The van der Waals surface area contributed by atoms with Crippen LogP contribution in [0.15, 0.2) is 54.6 Å². The fraction of sp³-hybridized carbons (Fsp3) is 0.273. The summed E-state index contributed by atoms with van der Waals surface area (Å²) in [6.07, 6.45) is 2.49. The number of hydrogen-bond acceptors (Lipinski definition) is 3. The van der Waals surface area contributed by atoms with Crippen LogP contribution in [0.3, 0.4) is 0 Å². The minimum absolute atomic E-state index is 0.305. The van der Waals surface area contributed by atoms with Gasteiger partial charge in [-0.3, -0.25) is 14.7 Å². The zero-order valence-corrected chi connectivity index (χ0v) is 16.7. The van der Waals surface area contributed by atoms with Gasteiger partial charge in [-0.15, -0.1) is 0 Å². The molecule has 2 unspecified atom stereocenters. The first-order chi connectivity index (χ1) is 13.5. The van der Waals surface area contributed by atoms with Crippen molar-refractivity contribution >= 4 is 40.1 Å². The lowest BCUT2D eigenvalue weighted by molar-refractivity contribution is -0.145. The van der Waals surface area contributed by atoms with Gasteiger partial charge in [0.2, 0.25) is 0 Å². The zero-order valence-electron chi connectivity index (χ0n) is 15.2. The molecular formula is C22H20Cl2N2O2. The molecular weight excluding hydrogens is 395 g/mol. The number of piperidine rings is 1. The number of likely N-dealkylation sites (tertiary alicyclic amines) is 1. The summed E-state index contributed by atoms with van der Waals surface area (Å²) < 4.78 is 0. The van der Waals surface area contributed by atoms with E-state index in [1.54, 1.807) is 6.07 Å². The molecule has 0 bridgehead atoms. The quantitative estimate of drug-likeness (QED) is 0.605. The number of para-hydroxylation sites is 1. The first-order valence-corrected chi connectivity index (χ1v) is 10.1. The van der Waals surface area contributed by atoms with E-state index < -0.39 is 12.0 Å². The van der Waals surface area contributed by atoms with Gasteiger partial charge in [-0.05, 0) is 49.2 Å². The Kier molecular flexibility index (Phi) is 5.54. The Balaban J connectivity index is 1.86. The third-order valence-electron chi connectivity index (χ3n) is 5.32. The number of carboxylic acids is 1. The Morgan fingerprint density at radius 3 is 2.68 bits per heavy atom. The van der Waals surface area contributed by atoms with Gasteiger partial charge in [0.25, 0.3) is 0 Å². The topological polar surface area (TPSA) is 53.4 Å². The van der Waals surface area contributed by atoms with Gasteiger partial charge >= 0.3 is 5.97 Å². The minimum atomic E-state index is -0.800. The van der Waals surface area contributed by atoms with Crippen LogP contribution in [0.5, 0.6) is 0 Å². The molecule has 0 aliphatic carbocycles. The number of carboxylic acid groups (broad SMARTS) is 1. The summed E-state index contributed by atoms with van der Waals surface area (Å²) in [5.41, 5.74) is 2.59. The van der Waals surface area contributed by atoms with Crippen molar-refractivity contribution in [2.24, 2.45) is 0 Å². The molecule has 1 aliphatic heterocycles. The molecule has 6 heteroatoms. The molecule has 0 amide bonds. The lowest BCUT2D eigenvalue weighted by Crippen LogP contribution is -2.47. The van der Waals surface area contributed by atoms with Crippen molar-refractivity contribution in [2.45, 2.75) is 31.3 Å². The maximum atomic E-state index is 12.0. The molecule has 1 aromatic heterocycles. The molecule has 0 radical (unpaired) electrons. The molecule has 1 saturated heterocycles. The van der Waals surface area contributed by atoms with Gasteiger partial charge in [-0.25, -0.2) is 0 Å². The summed E-state index contributed by atoms with van der Waals surface area (Å²) in [7, 11) is 0. The highest BCUT2D eigenvalue weighted by molar-refractivity contribution is 6.42. The maximum Gasteiger partial charge on any atom is 0.320 e. The van der Waals surface area contributed by atoms with Crippen LogP contribution in [0.4, 0.5) is 0 Å². The van der Waals surface area contributed by atoms with Crippen LogP contribution >= 0.6 is 23.2 Å². The predicted octanol–water partition coefficient (Wildman–Crippen LogP) is 5.57.